The van der Waals surface area contributed by atoms with E-state index in [-0.39, 0.29) is 12.4 Å². The van der Waals surface area contributed by atoms with Crippen molar-refractivity contribution in [3.8, 4) is 0 Å². The molecule has 0 bridgehead atoms. The van der Waals surface area contributed by atoms with Crippen molar-refractivity contribution in [2.45, 2.75) is 6.67 Å². The van der Waals surface area contributed by atoms with Crippen molar-refractivity contribution in [1.29, 1.82) is 0 Å². The second-order valence-corrected chi connectivity index (χ2v) is 4.81. The van der Waals surface area contributed by atoms with Crippen molar-refractivity contribution >= 4 is 21.8 Å². The Balaban J connectivity index is 0.00000132. The van der Waals surface area contributed by atoms with Crippen LogP contribution in [0.3, 0.4) is 0 Å². The third kappa shape index (κ3) is 2.45. The minimum Gasteiger partial charge on any atom is -1.00 e. The van der Waals surface area contributed by atoms with Crippen LogP contribution in [0.5, 0.6) is 0 Å². The lowest BCUT2D eigenvalue weighted by molar-refractivity contribution is -0.700. The summed E-state index contributed by atoms with van der Waals surface area (Å²) in [5.41, 5.74) is 1.97. The molecule has 4 aromatic rings. The number of hydrogen-bond acceptors (Lipinski definition) is 2. The van der Waals surface area contributed by atoms with Crippen LogP contribution in [0.4, 0.5) is 0 Å². The normalized spacial score (nSPS) is 10.7. The molecule has 0 radical (unpaired) electrons. The van der Waals surface area contributed by atoms with E-state index in [9.17, 15) is 0 Å². The summed E-state index contributed by atoms with van der Waals surface area (Å²) in [6.45, 7) is 0.658. The molecule has 0 aliphatic heterocycles. The average molecular weight is 297 g/mol. The van der Waals surface area contributed by atoms with Gasteiger partial charge in [-0.2, -0.15) is 9.25 Å². The lowest BCUT2D eigenvalue weighted by atomic mass is 10.2. The first kappa shape index (κ1) is 13.5. The highest BCUT2D eigenvalue weighted by Gasteiger charge is 2.08. The van der Waals surface area contributed by atoms with Gasteiger partial charge in [0.2, 0.25) is 6.67 Å². The zero-order chi connectivity index (χ0) is 13.4. The molecule has 0 amide bonds. The highest BCUT2D eigenvalue weighted by atomic mass is 35.5. The molecule has 2 aromatic heterocycles. The second kappa shape index (κ2) is 5.50. The van der Waals surface area contributed by atoms with Crippen molar-refractivity contribution in [3.63, 3.8) is 0 Å². The zero-order valence-electron chi connectivity index (χ0n) is 11.2. The Bertz CT molecular complexity index is 901. The van der Waals surface area contributed by atoms with E-state index in [0.29, 0.717) is 6.67 Å². The van der Waals surface area contributed by atoms with Crippen LogP contribution in [0, 0.1) is 0 Å². The Hall–Kier alpha value is -2.46. The molecule has 0 spiro atoms. The Labute approximate surface area is 128 Å². The van der Waals surface area contributed by atoms with Gasteiger partial charge in [0.15, 0.2) is 12.4 Å². The number of halogens is 1. The van der Waals surface area contributed by atoms with Crippen molar-refractivity contribution < 1.29 is 17.0 Å². The summed E-state index contributed by atoms with van der Waals surface area (Å²) in [5.74, 6) is 0. The summed E-state index contributed by atoms with van der Waals surface area (Å²) < 4.78 is 4.02. The third-order valence-corrected chi connectivity index (χ3v) is 3.46. The highest BCUT2D eigenvalue weighted by Crippen LogP contribution is 2.11. The second-order valence-electron chi connectivity index (χ2n) is 4.81. The zero-order valence-corrected chi connectivity index (χ0v) is 12.0. The van der Waals surface area contributed by atoms with Crippen LogP contribution in [-0.4, -0.2) is 15.0 Å². The lowest BCUT2D eigenvalue weighted by Gasteiger charge is -2.00. The number of hydrogen-bond donors (Lipinski definition) is 0. The number of aromatic nitrogens is 4. The van der Waals surface area contributed by atoms with E-state index in [1.165, 1.54) is 10.8 Å². The summed E-state index contributed by atoms with van der Waals surface area (Å²) in [4.78, 5) is 0. The maximum atomic E-state index is 4.22. The maximum Gasteiger partial charge on any atom is 0.244 e. The molecule has 0 atom stereocenters. The van der Waals surface area contributed by atoms with E-state index in [0.717, 1.165) is 11.0 Å². The summed E-state index contributed by atoms with van der Waals surface area (Å²) in [7, 11) is 0. The molecule has 0 aliphatic carbocycles. The molecule has 0 saturated heterocycles. The first-order valence-electron chi connectivity index (χ1n) is 6.56. The molecule has 0 aliphatic rings. The molecule has 104 valence electrons. The molecular weight excluding hydrogens is 284 g/mol. The number of fused-ring (bicyclic) bond motifs is 2. The van der Waals surface area contributed by atoms with Crippen molar-refractivity contribution in [1.82, 2.24) is 15.0 Å². The minimum absolute atomic E-state index is 0. The largest absolute Gasteiger partial charge is 1.00 e. The van der Waals surface area contributed by atoms with Gasteiger partial charge >= 0.3 is 0 Å². The highest BCUT2D eigenvalue weighted by molar-refractivity contribution is 5.80. The molecule has 21 heavy (non-hydrogen) atoms. The van der Waals surface area contributed by atoms with Crippen molar-refractivity contribution in [3.05, 3.63) is 67.0 Å². The Morgan fingerprint density at radius 3 is 2.57 bits per heavy atom. The van der Waals surface area contributed by atoms with Gasteiger partial charge in [0.25, 0.3) is 0 Å². The first-order chi connectivity index (χ1) is 9.90. The topological polar surface area (TPSA) is 34.6 Å². The number of rotatable bonds is 2. The lowest BCUT2D eigenvalue weighted by Crippen LogP contribution is -3.00. The fourth-order valence-electron chi connectivity index (χ4n) is 2.44. The summed E-state index contributed by atoms with van der Waals surface area (Å²) in [6, 6.07) is 18.5. The fourth-order valence-corrected chi connectivity index (χ4v) is 2.44. The number of nitrogens with zero attached hydrogens (tertiary/aromatic N) is 4. The Morgan fingerprint density at radius 2 is 1.67 bits per heavy atom. The van der Waals surface area contributed by atoms with Gasteiger partial charge in [-0.05, 0) is 23.6 Å². The van der Waals surface area contributed by atoms with Gasteiger partial charge in [-0.3, -0.25) is 0 Å². The van der Waals surface area contributed by atoms with Crippen molar-refractivity contribution in [2.75, 3.05) is 0 Å². The van der Waals surface area contributed by atoms with Crippen LogP contribution in [0.15, 0.2) is 67.0 Å². The van der Waals surface area contributed by atoms with Gasteiger partial charge in [-0.15, -0.1) is 5.10 Å². The molecule has 5 heteroatoms. The van der Waals surface area contributed by atoms with E-state index < -0.39 is 0 Å². The quantitative estimate of drug-likeness (QED) is 0.462. The average Bonchev–Trinajstić information content (AvgIpc) is 2.91. The predicted molar refractivity (Wildman–Crippen MR) is 77.1 cm³/mol. The van der Waals surface area contributed by atoms with E-state index in [1.54, 1.807) is 0 Å². The monoisotopic (exact) mass is 296 g/mol. The molecule has 4 rings (SSSR count). The summed E-state index contributed by atoms with van der Waals surface area (Å²) in [5, 5.41) is 10.9. The van der Waals surface area contributed by atoms with Crippen LogP contribution in [0.1, 0.15) is 0 Å². The smallest absolute Gasteiger partial charge is 0.244 e. The molecule has 2 aromatic carbocycles. The number of benzene rings is 2. The maximum absolute atomic E-state index is 4.22. The van der Waals surface area contributed by atoms with Gasteiger partial charge in [-0.25, -0.2) is 0 Å². The molecule has 2 heterocycles. The van der Waals surface area contributed by atoms with E-state index in [2.05, 4.69) is 57.6 Å². The SMILES string of the molecule is [Cl-].c1ccc2c[n+](Cn3nnc4ccccc43)ccc2c1. The van der Waals surface area contributed by atoms with Crippen LogP contribution in [0.2, 0.25) is 0 Å². The molecule has 0 fully saturated rings. The van der Waals surface area contributed by atoms with Crippen LogP contribution in [-0.2, 0) is 6.67 Å². The van der Waals surface area contributed by atoms with Gasteiger partial charge in [-0.1, -0.05) is 35.5 Å². The van der Waals surface area contributed by atoms with E-state index in [4.69, 9.17) is 0 Å². The molecule has 0 saturated carbocycles. The van der Waals surface area contributed by atoms with Gasteiger partial charge in [0.1, 0.15) is 5.52 Å². The predicted octanol–water partition coefficient (Wildman–Crippen LogP) is -0.618. The van der Waals surface area contributed by atoms with Crippen LogP contribution in [0.25, 0.3) is 21.8 Å². The molecule has 0 unspecified atom stereocenters. The number of pyridine rings is 1. The van der Waals surface area contributed by atoms with Crippen LogP contribution < -0.4 is 17.0 Å². The Morgan fingerprint density at radius 1 is 0.905 bits per heavy atom. The van der Waals surface area contributed by atoms with E-state index in [1.807, 2.05) is 28.9 Å². The van der Waals surface area contributed by atoms with Gasteiger partial charge < -0.3 is 12.4 Å². The molecule has 4 nitrogen and oxygen atoms in total. The first-order valence-corrected chi connectivity index (χ1v) is 6.56. The van der Waals surface area contributed by atoms with Gasteiger partial charge in [0, 0.05) is 11.5 Å². The molecule has 0 N–H and O–H groups in total. The number of para-hydroxylation sites is 1. The van der Waals surface area contributed by atoms with Gasteiger partial charge in [0.05, 0.1) is 5.52 Å². The summed E-state index contributed by atoms with van der Waals surface area (Å²) >= 11 is 0. The minimum atomic E-state index is 0. The third-order valence-electron chi connectivity index (χ3n) is 3.46. The Kier molecular flexibility index (Phi) is 3.54. The van der Waals surface area contributed by atoms with E-state index >= 15 is 0 Å². The fraction of sp³-hybridized carbons (Fsp3) is 0.0625. The standard InChI is InChI=1S/C16H13N4.ClH/c1-2-6-14-11-19(10-9-13(14)5-1)12-20-16-8-4-3-7-15(16)17-18-20;/h1-11H,12H2;1H/q+1;/p-1. The van der Waals surface area contributed by atoms with Crippen LogP contribution >= 0.6 is 0 Å². The molecular formula is C16H13ClN4. The van der Waals surface area contributed by atoms with Crippen molar-refractivity contribution in [2.24, 2.45) is 0 Å². The summed E-state index contributed by atoms with van der Waals surface area (Å²) in [6.07, 6.45) is 4.20.